The smallest absolute Gasteiger partial charge is 0.239 e. The van der Waals surface area contributed by atoms with Gasteiger partial charge in [-0.1, -0.05) is 30.5 Å². The highest BCUT2D eigenvalue weighted by atomic mass is 35.5. The zero-order chi connectivity index (χ0) is 13.1. The van der Waals surface area contributed by atoms with Crippen LogP contribution >= 0.6 is 11.6 Å². The van der Waals surface area contributed by atoms with Crippen molar-refractivity contribution < 1.29 is 9.18 Å². The minimum atomic E-state index is -0.605. The fraction of sp³-hybridized carbons (Fsp3) is 0.462. The molecule has 1 aromatic carbocycles. The van der Waals surface area contributed by atoms with E-state index >= 15 is 0 Å². The maximum atomic E-state index is 13.1. The summed E-state index contributed by atoms with van der Waals surface area (Å²) in [5.74, 6) is -0.964. The Bertz CT molecular complexity index is 447. The number of carbonyl (C=O) groups is 1. The van der Waals surface area contributed by atoms with Gasteiger partial charge in [0.15, 0.2) is 0 Å². The van der Waals surface area contributed by atoms with Crippen LogP contribution in [0.25, 0.3) is 0 Å². The number of benzene rings is 1. The second-order valence-electron chi connectivity index (χ2n) is 4.66. The number of rotatable bonds is 4. The van der Waals surface area contributed by atoms with E-state index in [9.17, 15) is 9.18 Å². The summed E-state index contributed by atoms with van der Waals surface area (Å²) in [6.45, 7) is 0. The number of carbonyl (C=O) groups excluding carboxylic acids is 1. The van der Waals surface area contributed by atoms with Crippen molar-refractivity contribution in [2.24, 2.45) is 5.73 Å². The minimum absolute atomic E-state index is 0.00646. The van der Waals surface area contributed by atoms with Crippen molar-refractivity contribution in [3.63, 3.8) is 0 Å². The molecule has 1 unspecified atom stereocenters. The van der Waals surface area contributed by atoms with Crippen LogP contribution in [0.2, 0.25) is 5.02 Å². The zero-order valence-electron chi connectivity index (χ0n) is 9.96. The van der Waals surface area contributed by atoms with Crippen LogP contribution in [0.1, 0.15) is 37.3 Å². The fourth-order valence-electron chi connectivity index (χ4n) is 2.36. The number of hydrogen-bond donors (Lipinski definition) is 2. The lowest BCUT2D eigenvalue weighted by Crippen LogP contribution is -2.38. The zero-order valence-corrected chi connectivity index (χ0v) is 10.7. The Morgan fingerprint density at radius 2 is 2.11 bits per heavy atom. The lowest BCUT2D eigenvalue weighted by Gasteiger charge is -2.20. The van der Waals surface area contributed by atoms with Gasteiger partial charge in [-0.15, -0.1) is 0 Å². The quantitative estimate of drug-likeness (QED) is 0.883. The van der Waals surface area contributed by atoms with Crippen LogP contribution in [-0.4, -0.2) is 11.9 Å². The van der Waals surface area contributed by atoms with Gasteiger partial charge in [0, 0.05) is 6.04 Å². The van der Waals surface area contributed by atoms with Crippen LogP contribution in [0, 0.1) is 5.82 Å². The van der Waals surface area contributed by atoms with Gasteiger partial charge < -0.3 is 5.73 Å². The number of nitrogens with one attached hydrogen (secondary N) is 1. The van der Waals surface area contributed by atoms with E-state index in [1.807, 2.05) is 0 Å². The van der Waals surface area contributed by atoms with Crippen LogP contribution in [-0.2, 0) is 4.79 Å². The molecule has 0 spiro atoms. The molecule has 3 nitrogen and oxygen atoms in total. The molecule has 0 heterocycles. The molecule has 1 aliphatic rings. The van der Waals surface area contributed by atoms with Crippen molar-refractivity contribution in [2.75, 3.05) is 0 Å². The number of nitrogens with two attached hydrogens (primary N) is 1. The molecule has 1 aromatic rings. The molecule has 3 N–H and O–H groups in total. The summed E-state index contributed by atoms with van der Waals surface area (Å²) in [5, 5.41) is 3.23. The molecule has 98 valence electrons. The summed E-state index contributed by atoms with van der Waals surface area (Å²) >= 11 is 5.72. The summed E-state index contributed by atoms with van der Waals surface area (Å²) in [6.07, 6.45) is 4.40. The van der Waals surface area contributed by atoms with Crippen LogP contribution in [0.15, 0.2) is 18.2 Å². The highest BCUT2D eigenvalue weighted by molar-refractivity contribution is 6.30. The van der Waals surface area contributed by atoms with E-state index in [4.69, 9.17) is 17.3 Å². The Balaban J connectivity index is 2.17. The number of halogens is 2. The predicted molar refractivity (Wildman–Crippen MR) is 68.7 cm³/mol. The molecular weight excluding hydrogens is 255 g/mol. The summed E-state index contributed by atoms with van der Waals surface area (Å²) in [5.41, 5.74) is 6.01. The number of primary amides is 1. The molecule has 0 radical (unpaired) electrons. The molecule has 0 bridgehead atoms. The Morgan fingerprint density at radius 3 is 2.67 bits per heavy atom. The van der Waals surface area contributed by atoms with Gasteiger partial charge in [0.25, 0.3) is 0 Å². The van der Waals surface area contributed by atoms with Crippen molar-refractivity contribution in [1.29, 1.82) is 0 Å². The summed E-state index contributed by atoms with van der Waals surface area (Å²) < 4.78 is 13.1. The Hall–Kier alpha value is -1.13. The maximum absolute atomic E-state index is 13.1. The van der Waals surface area contributed by atoms with Crippen LogP contribution in [0.4, 0.5) is 4.39 Å². The standard InChI is InChI=1S/C13H16ClFN2O/c14-10-7-8(5-6-11(10)15)12(13(16)18)17-9-3-1-2-4-9/h5-7,9,12,17H,1-4H2,(H2,16,18). The summed E-state index contributed by atoms with van der Waals surface area (Å²) in [4.78, 5) is 11.5. The van der Waals surface area contributed by atoms with E-state index < -0.39 is 17.8 Å². The number of amides is 1. The Morgan fingerprint density at radius 1 is 1.44 bits per heavy atom. The first-order chi connectivity index (χ1) is 8.58. The van der Waals surface area contributed by atoms with E-state index in [1.54, 1.807) is 6.07 Å². The van der Waals surface area contributed by atoms with Crippen LogP contribution in [0.3, 0.4) is 0 Å². The normalized spacial score (nSPS) is 17.9. The molecule has 1 saturated carbocycles. The largest absolute Gasteiger partial charge is 0.368 e. The van der Waals surface area contributed by atoms with Crippen molar-refractivity contribution in [1.82, 2.24) is 5.32 Å². The first-order valence-electron chi connectivity index (χ1n) is 6.08. The number of hydrogen-bond acceptors (Lipinski definition) is 2. The predicted octanol–water partition coefficient (Wildman–Crippen LogP) is 2.54. The molecule has 5 heteroatoms. The van der Waals surface area contributed by atoms with E-state index in [2.05, 4.69) is 5.32 Å². The molecule has 0 saturated heterocycles. The molecule has 1 fully saturated rings. The molecular formula is C13H16ClFN2O. The summed E-state index contributed by atoms with van der Waals surface area (Å²) in [7, 11) is 0. The fourth-order valence-corrected chi connectivity index (χ4v) is 2.55. The van der Waals surface area contributed by atoms with Crippen molar-refractivity contribution in [3.8, 4) is 0 Å². The second-order valence-corrected chi connectivity index (χ2v) is 5.06. The van der Waals surface area contributed by atoms with Gasteiger partial charge in [-0.25, -0.2) is 4.39 Å². The van der Waals surface area contributed by atoms with E-state index in [1.165, 1.54) is 12.1 Å². The SMILES string of the molecule is NC(=O)C(NC1CCCC1)c1ccc(F)c(Cl)c1. The molecule has 2 rings (SSSR count). The van der Waals surface area contributed by atoms with Gasteiger partial charge in [0.1, 0.15) is 11.9 Å². The maximum Gasteiger partial charge on any atom is 0.239 e. The lowest BCUT2D eigenvalue weighted by atomic mass is 10.0. The van der Waals surface area contributed by atoms with Crippen molar-refractivity contribution >= 4 is 17.5 Å². The molecule has 0 aliphatic heterocycles. The van der Waals surface area contributed by atoms with Gasteiger partial charge in [-0.2, -0.15) is 0 Å². The van der Waals surface area contributed by atoms with Gasteiger partial charge in [-0.05, 0) is 30.5 Å². The average molecular weight is 271 g/mol. The third-order valence-electron chi connectivity index (χ3n) is 3.32. The molecule has 1 atom stereocenters. The third-order valence-corrected chi connectivity index (χ3v) is 3.61. The molecule has 0 aromatic heterocycles. The molecule has 18 heavy (non-hydrogen) atoms. The van der Waals surface area contributed by atoms with Crippen molar-refractivity contribution in [2.45, 2.75) is 37.8 Å². The highest BCUT2D eigenvalue weighted by Crippen LogP contribution is 2.24. The topological polar surface area (TPSA) is 55.1 Å². The van der Waals surface area contributed by atoms with Gasteiger partial charge in [0.05, 0.1) is 5.02 Å². The molecule has 1 aliphatic carbocycles. The summed E-state index contributed by atoms with van der Waals surface area (Å²) in [6, 6.07) is 3.94. The van der Waals surface area contributed by atoms with E-state index in [0.29, 0.717) is 11.6 Å². The average Bonchev–Trinajstić information content (AvgIpc) is 2.82. The Labute approximate surface area is 111 Å². The van der Waals surface area contributed by atoms with Crippen LogP contribution in [0.5, 0.6) is 0 Å². The first kappa shape index (κ1) is 13.3. The van der Waals surface area contributed by atoms with Crippen molar-refractivity contribution in [3.05, 3.63) is 34.6 Å². The van der Waals surface area contributed by atoms with Gasteiger partial charge in [0.2, 0.25) is 5.91 Å². The third kappa shape index (κ3) is 3.00. The van der Waals surface area contributed by atoms with Gasteiger partial charge >= 0.3 is 0 Å². The van der Waals surface area contributed by atoms with E-state index in [0.717, 1.165) is 25.7 Å². The lowest BCUT2D eigenvalue weighted by molar-refractivity contribution is -0.120. The van der Waals surface area contributed by atoms with Gasteiger partial charge in [-0.3, -0.25) is 10.1 Å². The monoisotopic (exact) mass is 270 g/mol. The highest BCUT2D eigenvalue weighted by Gasteiger charge is 2.24. The molecule has 1 amide bonds. The first-order valence-corrected chi connectivity index (χ1v) is 6.46. The second kappa shape index (κ2) is 5.67. The minimum Gasteiger partial charge on any atom is -0.368 e. The van der Waals surface area contributed by atoms with Crippen LogP contribution < -0.4 is 11.1 Å². The van der Waals surface area contributed by atoms with E-state index in [-0.39, 0.29) is 5.02 Å². The Kier molecular flexibility index (Phi) is 4.19.